The highest BCUT2D eigenvalue weighted by Gasteiger charge is 2.23. The highest BCUT2D eigenvalue weighted by molar-refractivity contribution is 7.99. The van der Waals surface area contributed by atoms with E-state index >= 15 is 0 Å². The van der Waals surface area contributed by atoms with Crippen molar-refractivity contribution in [3.63, 3.8) is 0 Å². The monoisotopic (exact) mass is 251 g/mol. The number of carbonyl (C=O) groups is 1. The van der Waals surface area contributed by atoms with Crippen molar-refractivity contribution in [1.29, 1.82) is 0 Å². The van der Waals surface area contributed by atoms with Crippen molar-refractivity contribution in [2.75, 3.05) is 23.5 Å². The molecule has 0 spiro atoms. The highest BCUT2D eigenvalue weighted by Crippen LogP contribution is 2.28. The van der Waals surface area contributed by atoms with E-state index in [0.717, 1.165) is 23.4 Å². The fraction of sp³-hybridized carbons (Fsp3) is 0.462. The molecule has 1 unspecified atom stereocenters. The first kappa shape index (κ1) is 12.3. The molecule has 1 heterocycles. The average molecular weight is 251 g/mol. The van der Waals surface area contributed by atoms with Gasteiger partial charge in [0.25, 0.3) is 0 Å². The van der Waals surface area contributed by atoms with Crippen LogP contribution in [0.1, 0.15) is 22.3 Å². The number of nitrogens with zero attached hydrogens (tertiary/aromatic N) is 1. The van der Waals surface area contributed by atoms with Gasteiger partial charge in [0.05, 0.1) is 11.3 Å². The summed E-state index contributed by atoms with van der Waals surface area (Å²) in [6.45, 7) is 1.92. The van der Waals surface area contributed by atoms with Gasteiger partial charge in [0.1, 0.15) is 0 Å². The molecule has 1 aliphatic rings. The topological polar surface area (TPSA) is 40.5 Å². The molecule has 0 radical (unpaired) electrons. The van der Waals surface area contributed by atoms with E-state index in [9.17, 15) is 9.90 Å². The van der Waals surface area contributed by atoms with Crippen LogP contribution in [-0.2, 0) is 0 Å². The Labute approximate surface area is 106 Å². The molecule has 0 amide bonds. The van der Waals surface area contributed by atoms with Crippen LogP contribution in [0, 0.1) is 6.92 Å². The molecule has 3 nitrogen and oxygen atoms in total. The van der Waals surface area contributed by atoms with Crippen LogP contribution in [0.2, 0.25) is 0 Å². The zero-order valence-corrected chi connectivity index (χ0v) is 11.0. The third-order valence-corrected chi connectivity index (χ3v) is 4.36. The molecule has 1 saturated heterocycles. The molecule has 17 heavy (non-hydrogen) atoms. The summed E-state index contributed by atoms with van der Waals surface area (Å²) >= 11 is 1.93. The van der Waals surface area contributed by atoms with Gasteiger partial charge in [0.2, 0.25) is 0 Å². The van der Waals surface area contributed by atoms with Crippen LogP contribution in [0.25, 0.3) is 0 Å². The number of aryl methyl sites for hydroxylation is 1. The Kier molecular flexibility index (Phi) is 3.62. The molecule has 2 rings (SSSR count). The van der Waals surface area contributed by atoms with Gasteiger partial charge in [-0.05, 0) is 31.2 Å². The summed E-state index contributed by atoms with van der Waals surface area (Å²) in [6, 6.07) is 6.10. The van der Waals surface area contributed by atoms with Gasteiger partial charge in [0.15, 0.2) is 0 Å². The number of carboxylic acids is 1. The molecule has 4 heteroatoms. The molecular formula is C13H17NO2S. The van der Waals surface area contributed by atoms with Gasteiger partial charge in [-0.2, -0.15) is 11.8 Å². The second-order valence-corrected chi connectivity index (χ2v) is 5.60. The third-order valence-electron chi connectivity index (χ3n) is 3.22. The second-order valence-electron chi connectivity index (χ2n) is 4.45. The van der Waals surface area contributed by atoms with Crippen molar-refractivity contribution < 1.29 is 9.90 Å². The molecule has 1 aromatic carbocycles. The molecule has 1 atom stereocenters. The first-order chi connectivity index (χ1) is 8.09. The number of rotatable bonds is 3. The first-order valence-electron chi connectivity index (χ1n) is 5.74. The van der Waals surface area contributed by atoms with E-state index in [-0.39, 0.29) is 0 Å². The summed E-state index contributed by atoms with van der Waals surface area (Å²) in [5.74, 6) is 1.41. The van der Waals surface area contributed by atoms with Crippen LogP contribution in [-0.4, -0.2) is 35.7 Å². The minimum atomic E-state index is -0.846. The lowest BCUT2D eigenvalue weighted by Gasteiger charge is -2.27. The van der Waals surface area contributed by atoms with Crippen molar-refractivity contribution in [2.45, 2.75) is 19.4 Å². The van der Waals surface area contributed by atoms with Crippen molar-refractivity contribution in [3.8, 4) is 0 Å². The Morgan fingerprint density at radius 2 is 2.29 bits per heavy atom. The van der Waals surface area contributed by atoms with Crippen molar-refractivity contribution in [3.05, 3.63) is 29.3 Å². The van der Waals surface area contributed by atoms with Crippen molar-refractivity contribution >= 4 is 23.4 Å². The number of aromatic carboxylic acids is 1. The SMILES string of the molecule is Cc1ccc(N(C)C2CCSC2)c(C(=O)O)c1. The maximum Gasteiger partial charge on any atom is 0.337 e. The molecule has 1 aromatic rings. The van der Waals surface area contributed by atoms with Gasteiger partial charge >= 0.3 is 5.97 Å². The number of hydrogen-bond donors (Lipinski definition) is 1. The number of benzene rings is 1. The summed E-state index contributed by atoms with van der Waals surface area (Å²) in [5.41, 5.74) is 2.22. The summed E-state index contributed by atoms with van der Waals surface area (Å²) in [4.78, 5) is 13.4. The maximum absolute atomic E-state index is 11.3. The van der Waals surface area contributed by atoms with Crippen LogP contribution >= 0.6 is 11.8 Å². The predicted octanol–water partition coefficient (Wildman–Crippen LogP) is 2.63. The molecule has 92 valence electrons. The highest BCUT2D eigenvalue weighted by atomic mass is 32.2. The molecule has 0 bridgehead atoms. The lowest BCUT2D eigenvalue weighted by molar-refractivity contribution is 0.0697. The quantitative estimate of drug-likeness (QED) is 0.896. The van der Waals surface area contributed by atoms with E-state index < -0.39 is 5.97 Å². The number of hydrogen-bond acceptors (Lipinski definition) is 3. The first-order valence-corrected chi connectivity index (χ1v) is 6.89. The van der Waals surface area contributed by atoms with Crippen LogP contribution in [0.3, 0.4) is 0 Å². The van der Waals surface area contributed by atoms with Gasteiger partial charge in [-0.25, -0.2) is 4.79 Å². The summed E-state index contributed by atoms with van der Waals surface area (Å²) in [6.07, 6.45) is 1.13. The Morgan fingerprint density at radius 3 is 2.88 bits per heavy atom. The predicted molar refractivity (Wildman–Crippen MR) is 72.3 cm³/mol. The lowest BCUT2D eigenvalue weighted by Crippen LogP contribution is -2.32. The summed E-state index contributed by atoms with van der Waals surface area (Å²) in [5, 5.41) is 9.25. The second kappa shape index (κ2) is 5.00. The molecule has 1 aliphatic heterocycles. The number of anilines is 1. The van der Waals surface area contributed by atoms with Gasteiger partial charge in [-0.1, -0.05) is 11.6 Å². The van der Waals surface area contributed by atoms with Gasteiger partial charge in [-0.3, -0.25) is 0 Å². The number of thioether (sulfide) groups is 1. The van der Waals surface area contributed by atoms with Crippen molar-refractivity contribution in [2.24, 2.45) is 0 Å². The third kappa shape index (κ3) is 2.57. The summed E-state index contributed by atoms with van der Waals surface area (Å²) < 4.78 is 0. The fourth-order valence-electron chi connectivity index (χ4n) is 2.15. The van der Waals surface area contributed by atoms with Crippen LogP contribution in [0.4, 0.5) is 5.69 Å². The molecule has 1 fully saturated rings. The van der Waals surface area contributed by atoms with Gasteiger partial charge in [0, 0.05) is 18.8 Å². The van der Waals surface area contributed by atoms with E-state index in [2.05, 4.69) is 4.90 Å². The number of carboxylic acid groups (broad SMARTS) is 1. The average Bonchev–Trinajstić information content (AvgIpc) is 2.81. The molecule has 0 aromatic heterocycles. The Bertz CT molecular complexity index is 427. The van der Waals surface area contributed by atoms with Gasteiger partial charge < -0.3 is 10.0 Å². The standard InChI is InChI=1S/C13H17NO2S/c1-9-3-4-12(11(7-9)13(15)16)14(2)10-5-6-17-8-10/h3-4,7,10H,5-6,8H2,1-2H3,(H,15,16). The van der Waals surface area contributed by atoms with E-state index in [4.69, 9.17) is 0 Å². The van der Waals surface area contributed by atoms with Crippen LogP contribution in [0.15, 0.2) is 18.2 Å². The maximum atomic E-state index is 11.3. The Hall–Kier alpha value is -1.16. The smallest absolute Gasteiger partial charge is 0.337 e. The van der Waals surface area contributed by atoms with Crippen LogP contribution in [0.5, 0.6) is 0 Å². The van der Waals surface area contributed by atoms with E-state index in [1.807, 2.05) is 37.9 Å². The Morgan fingerprint density at radius 1 is 1.53 bits per heavy atom. The van der Waals surface area contributed by atoms with E-state index in [1.165, 1.54) is 5.75 Å². The normalized spacial score (nSPS) is 19.3. The van der Waals surface area contributed by atoms with E-state index in [0.29, 0.717) is 11.6 Å². The Balaban J connectivity index is 2.33. The molecular weight excluding hydrogens is 234 g/mol. The minimum Gasteiger partial charge on any atom is -0.478 e. The van der Waals surface area contributed by atoms with Gasteiger partial charge in [-0.15, -0.1) is 0 Å². The fourth-order valence-corrected chi connectivity index (χ4v) is 3.42. The largest absolute Gasteiger partial charge is 0.478 e. The zero-order valence-electron chi connectivity index (χ0n) is 10.1. The molecule has 0 aliphatic carbocycles. The summed E-state index contributed by atoms with van der Waals surface area (Å²) in [7, 11) is 1.99. The lowest BCUT2D eigenvalue weighted by atomic mass is 10.1. The van der Waals surface area contributed by atoms with Crippen molar-refractivity contribution in [1.82, 2.24) is 0 Å². The molecule has 1 N–H and O–H groups in total. The van der Waals surface area contributed by atoms with E-state index in [1.54, 1.807) is 6.07 Å². The zero-order chi connectivity index (χ0) is 12.4. The minimum absolute atomic E-state index is 0.407. The van der Waals surface area contributed by atoms with Crippen LogP contribution < -0.4 is 4.90 Å². The molecule has 0 saturated carbocycles.